The van der Waals surface area contributed by atoms with E-state index in [4.69, 9.17) is 9.72 Å². The fourth-order valence-corrected chi connectivity index (χ4v) is 6.06. The lowest BCUT2D eigenvalue weighted by Crippen LogP contribution is -2.23. The summed E-state index contributed by atoms with van der Waals surface area (Å²) in [6.07, 6.45) is 4.96. The Hall–Kier alpha value is -2.05. The van der Waals surface area contributed by atoms with Gasteiger partial charge in [-0.1, -0.05) is 36.9 Å². The molecule has 6 heteroatoms. The number of allylic oxidation sites excluding steroid dienone is 1. The maximum Gasteiger partial charge on any atom is 0.263 e. The Morgan fingerprint density at radius 3 is 2.89 bits per heavy atom. The maximum absolute atomic E-state index is 13.3. The number of thiophene rings is 1. The normalized spacial score (nSPS) is 16.1. The Balaban J connectivity index is 1.71. The van der Waals surface area contributed by atoms with Gasteiger partial charge in [0.15, 0.2) is 5.16 Å². The van der Waals surface area contributed by atoms with E-state index in [0.29, 0.717) is 12.5 Å². The maximum atomic E-state index is 13.3. The molecule has 0 fully saturated rings. The Morgan fingerprint density at radius 1 is 1.39 bits per heavy atom. The third kappa shape index (κ3) is 3.63. The van der Waals surface area contributed by atoms with E-state index in [1.54, 1.807) is 40.9 Å². The smallest absolute Gasteiger partial charge is 0.263 e. The lowest BCUT2D eigenvalue weighted by atomic mass is 9.89. The highest BCUT2D eigenvalue weighted by atomic mass is 32.2. The second-order valence-corrected chi connectivity index (χ2v) is 9.29. The van der Waals surface area contributed by atoms with Gasteiger partial charge in [0.2, 0.25) is 0 Å². The summed E-state index contributed by atoms with van der Waals surface area (Å²) in [4.78, 5) is 20.4. The molecular formula is C22H24N2O2S2. The average molecular weight is 413 g/mol. The molecule has 0 unspecified atom stereocenters. The van der Waals surface area contributed by atoms with Crippen LogP contribution in [0.3, 0.4) is 0 Å². The Kier molecular flexibility index (Phi) is 5.60. The van der Waals surface area contributed by atoms with Crippen LogP contribution in [0, 0.1) is 5.92 Å². The van der Waals surface area contributed by atoms with Crippen molar-refractivity contribution in [1.29, 1.82) is 0 Å². The first-order chi connectivity index (χ1) is 13.6. The molecule has 2 aromatic heterocycles. The third-order valence-electron chi connectivity index (χ3n) is 5.22. The van der Waals surface area contributed by atoms with Crippen molar-refractivity contribution in [3.05, 3.63) is 63.3 Å². The molecule has 0 saturated heterocycles. The molecule has 28 heavy (non-hydrogen) atoms. The number of hydrogen-bond donors (Lipinski definition) is 0. The summed E-state index contributed by atoms with van der Waals surface area (Å²) < 4.78 is 6.99. The number of nitrogens with zero attached hydrogens (tertiary/aromatic N) is 2. The third-order valence-corrected chi connectivity index (χ3v) is 7.41. The number of aromatic nitrogens is 2. The van der Waals surface area contributed by atoms with Crippen LogP contribution >= 0.6 is 23.1 Å². The molecule has 0 N–H and O–H groups in total. The van der Waals surface area contributed by atoms with Crippen molar-refractivity contribution in [3.63, 3.8) is 0 Å². The second kappa shape index (κ2) is 8.13. The van der Waals surface area contributed by atoms with Crippen molar-refractivity contribution < 1.29 is 4.74 Å². The molecule has 1 aliphatic carbocycles. The summed E-state index contributed by atoms with van der Waals surface area (Å²) in [5, 5.41) is 1.60. The van der Waals surface area contributed by atoms with E-state index >= 15 is 0 Å². The standard InChI is InChI=1S/C22H24N2O2S2/c1-4-11-24-21(25)19-17-10-5-14(2)12-18(17)28-20(19)23-22(24)27-13-15-6-8-16(26-3)9-7-15/h4,6-9,14H,1,5,10-13H2,2-3H3/t14-/m1/s1. The number of benzene rings is 1. The molecule has 3 aromatic rings. The van der Waals surface area contributed by atoms with E-state index in [-0.39, 0.29) is 5.56 Å². The molecule has 0 radical (unpaired) electrons. The van der Waals surface area contributed by atoms with Gasteiger partial charge in [-0.3, -0.25) is 9.36 Å². The molecule has 0 aliphatic heterocycles. The molecule has 0 amide bonds. The molecule has 1 aliphatic rings. The minimum atomic E-state index is 0.0779. The van der Waals surface area contributed by atoms with Gasteiger partial charge in [0.25, 0.3) is 5.56 Å². The van der Waals surface area contributed by atoms with E-state index in [1.165, 1.54) is 16.0 Å². The average Bonchev–Trinajstić information content (AvgIpc) is 3.06. The van der Waals surface area contributed by atoms with Gasteiger partial charge in [-0.15, -0.1) is 17.9 Å². The fourth-order valence-electron chi connectivity index (χ4n) is 3.67. The topological polar surface area (TPSA) is 44.1 Å². The number of fused-ring (bicyclic) bond motifs is 3. The molecular weight excluding hydrogens is 388 g/mol. The predicted molar refractivity (Wildman–Crippen MR) is 118 cm³/mol. The van der Waals surface area contributed by atoms with Gasteiger partial charge in [-0.2, -0.15) is 0 Å². The van der Waals surface area contributed by atoms with E-state index in [9.17, 15) is 4.79 Å². The monoisotopic (exact) mass is 412 g/mol. The number of ether oxygens (including phenoxy) is 1. The Bertz CT molecular complexity index is 1070. The highest BCUT2D eigenvalue weighted by Gasteiger charge is 2.24. The Labute approximate surface area is 173 Å². The second-order valence-electron chi connectivity index (χ2n) is 7.27. The summed E-state index contributed by atoms with van der Waals surface area (Å²) in [6.45, 7) is 6.60. The van der Waals surface area contributed by atoms with Crippen LogP contribution in [0.2, 0.25) is 0 Å². The van der Waals surface area contributed by atoms with E-state index in [2.05, 4.69) is 13.5 Å². The quantitative estimate of drug-likeness (QED) is 0.322. The molecule has 1 atom stereocenters. The highest BCUT2D eigenvalue weighted by Crippen LogP contribution is 2.36. The van der Waals surface area contributed by atoms with Crippen LogP contribution in [0.15, 0.2) is 46.9 Å². The summed E-state index contributed by atoms with van der Waals surface area (Å²) in [6, 6.07) is 8.01. The summed E-state index contributed by atoms with van der Waals surface area (Å²) >= 11 is 3.30. The Morgan fingerprint density at radius 2 is 2.18 bits per heavy atom. The lowest BCUT2D eigenvalue weighted by molar-refractivity contribution is 0.414. The minimum absolute atomic E-state index is 0.0779. The first kappa shape index (κ1) is 19.3. The van der Waals surface area contributed by atoms with E-state index in [0.717, 1.165) is 46.1 Å². The first-order valence-corrected chi connectivity index (χ1v) is 11.3. The minimum Gasteiger partial charge on any atom is -0.497 e. The summed E-state index contributed by atoms with van der Waals surface area (Å²) in [7, 11) is 1.66. The number of methoxy groups -OCH3 is 1. The van der Waals surface area contributed by atoms with Crippen molar-refractivity contribution in [2.45, 2.75) is 43.6 Å². The molecule has 146 valence electrons. The fraction of sp³-hybridized carbons (Fsp3) is 0.364. The van der Waals surface area contributed by atoms with Gasteiger partial charge in [0, 0.05) is 17.2 Å². The summed E-state index contributed by atoms with van der Waals surface area (Å²) in [5.41, 5.74) is 2.49. The van der Waals surface area contributed by atoms with Crippen LogP contribution in [0.25, 0.3) is 10.2 Å². The van der Waals surface area contributed by atoms with Gasteiger partial charge < -0.3 is 4.74 Å². The number of rotatable bonds is 6. The summed E-state index contributed by atoms with van der Waals surface area (Å²) in [5.74, 6) is 2.27. The molecule has 0 spiro atoms. The van der Waals surface area contributed by atoms with Gasteiger partial charge in [0.1, 0.15) is 10.6 Å². The van der Waals surface area contributed by atoms with Crippen LogP contribution in [-0.2, 0) is 25.1 Å². The van der Waals surface area contributed by atoms with Crippen molar-refractivity contribution in [3.8, 4) is 5.75 Å². The molecule has 4 nitrogen and oxygen atoms in total. The largest absolute Gasteiger partial charge is 0.497 e. The van der Waals surface area contributed by atoms with E-state index in [1.807, 2.05) is 24.3 Å². The zero-order valence-electron chi connectivity index (χ0n) is 16.2. The van der Waals surface area contributed by atoms with Crippen molar-refractivity contribution in [2.24, 2.45) is 5.92 Å². The SMILES string of the molecule is C=CCn1c(SCc2ccc(OC)cc2)nc2sc3c(c2c1=O)CC[C@@H](C)C3. The zero-order valence-corrected chi connectivity index (χ0v) is 17.9. The van der Waals surface area contributed by atoms with Gasteiger partial charge in [0.05, 0.1) is 12.5 Å². The number of hydrogen-bond acceptors (Lipinski definition) is 5. The van der Waals surface area contributed by atoms with Gasteiger partial charge in [-0.05, 0) is 48.4 Å². The number of aryl methyl sites for hydroxylation is 1. The van der Waals surface area contributed by atoms with Gasteiger partial charge >= 0.3 is 0 Å². The van der Waals surface area contributed by atoms with Crippen LogP contribution in [0.1, 0.15) is 29.3 Å². The van der Waals surface area contributed by atoms with Gasteiger partial charge in [-0.25, -0.2) is 4.98 Å². The number of thioether (sulfide) groups is 1. The van der Waals surface area contributed by atoms with Crippen molar-refractivity contribution >= 4 is 33.3 Å². The van der Waals surface area contributed by atoms with Crippen LogP contribution in [0.4, 0.5) is 0 Å². The van der Waals surface area contributed by atoms with Crippen molar-refractivity contribution in [2.75, 3.05) is 7.11 Å². The lowest BCUT2D eigenvalue weighted by Gasteiger charge is -2.17. The highest BCUT2D eigenvalue weighted by molar-refractivity contribution is 7.98. The molecule has 0 saturated carbocycles. The molecule has 2 heterocycles. The van der Waals surface area contributed by atoms with Crippen LogP contribution < -0.4 is 10.3 Å². The van der Waals surface area contributed by atoms with E-state index < -0.39 is 0 Å². The predicted octanol–water partition coefficient (Wildman–Crippen LogP) is 5.07. The molecule has 4 rings (SSSR count). The molecule has 0 bridgehead atoms. The molecule has 1 aromatic carbocycles. The van der Waals surface area contributed by atoms with Crippen molar-refractivity contribution in [1.82, 2.24) is 9.55 Å². The van der Waals surface area contributed by atoms with Crippen LogP contribution in [-0.4, -0.2) is 16.7 Å². The first-order valence-electron chi connectivity index (χ1n) is 9.52. The van der Waals surface area contributed by atoms with Crippen LogP contribution in [0.5, 0.6) is 5.75 Å². The zero-order chi connectivity index (χ0) is 19.7.